The van der Waals surface area contributed by atoms with Crippen molar-refractivity contribution in [2.75, 3.05) is 31.5 Å². The van der Waals surface area contributed by atoms with Crippen molar-refractivity contribution in [3.8, 4) is 0 Å². The smallest absolute Gasteiger partial charge is 0.313 e. The normalized spacial score (nSPS) is 15.6. The van der Waals surface area contributed by atoms with Crippen LogP contribution in [0.15, 0.2) is 22.7 Å². The molecule has 0 unspecified atom stereocenters. The Bertz CT molecular complexity index is 516. The molecule has 1 aliphatic heterocycles. The van der Waals surface area contributed by atoms with Crippen molar-refractivity contribution in [1.29, 1.82) is 0 Å². The van der Waals surface area contributed by atoms with E-state index in [9.17, 15) is 14.0 Å². The summed E-state index contributed by atoms with van der Waals surface area (Å²) >= 11 is 3.13. The Kier molecular flexibility index (Phi) is 5.08. The standard InChI is InChI=1S/C13H15BrFN3O2/c14-9-2-3-11(10(15)8-9)17-12(19)13(20)18-6-1-4-16-5-7-18/h2-3,8,16H,1,4-7H2,(H,17,19). The van der Waals surface area contributed by atoms with Gasteiger partial charge in [0.25, 0.3) is 0 Å². The number of rotatable bonds is 1. The molecule has 0 saturated carbocycles. The van der Waals surface area contributed by atoms with E-state index in [0.717, 1.165) is 13.0 Å². The topological polar surface area (TPSA) is 61.4 Å². The molecule has 1 fully saturated rings. The molecule has 2 rings (SSSR count). The fourth-order valence-electron chi connectivity index (χ4n) is 1.96. The molecule has 1 aliphatic rings. The van der Waals surface area contributed by atoms with Crippen molar-refractivity contribution in [3.63, 3.8) is 0 Å². The van der Waals surface area contributed by atoms with Gasteiger partial charge in [-0.3, -0.25) is 9.59 Å². The summed E-state index contributed by atoms with van der Waals surface area (Å²) in [6.07, 6.45) is 0.797. The Morgan fingerprint density at radius 3 is 2.85 bits per heavy atom. The highest BCUT2D eigenvalue weighted by Gasteiger charge is 2.23. The molecular formula is C13H15BrFN3O2. The molecule has 0 aromatic heterocycles. The van der Waals surface area contributed by atoms with Gasteiger partial charge in [0.05, 0.1) is 5.69 Å². The minimum Gasteiger partial charge on any atom is -0.333 e. The molecule has 1 aromatic carbocycles. The van der Waals surface area contributed by atoms with Crippen LogP contribution in [0.5, 0.6) is 0 Å². The molecule has 0 atom stereocenters. The van der Waals surface area contributed by atoms with Crippen LogP contribution in [0.3, 0.4) is 0 Å². The van der Waals surface area contributed by atoms with Gasteiger partial charge >= 0.3 is 11.8 Å². The third kappa shape index (κ3) is 3.77. The predicted molar refractivity (Wildman–Crippen MR) is 76.8 cm³/mol. The van der Waals surface area contributed by atoms with Crippen molar-refractivity contribution in [2.45, 2.75) is 6.42 Å². The SMILES string of the molecule is O=C(Nc1ccc(Br)cc1F)C(=O)N1CCCNCC1. The van der Waals surface area contributed by atoms with Gasteiger partial charge in [-0.1, -0.05) is 15.9 Å². The van der Waals surface area contributed by atoms with Crippen LogP contribution in [-0.4, -0.2) is 42.9 Å². The molecule has 1 saturated heterocycles. The molecule has 0 aliphatic carbocycles. The minimum absolute atomic E-state index is 0.000466. The van der Waals surface area contributed by atoms with Crippen molar-refractivity contribution >= 4 is 33.4 Å². The van der Waals surface area contributed by atoms with E-state index < -0.39 is 17.6 Å². The van der Waals surface area contributed by atoms with Crippen molar-refractivity contribution < 1.29 is 14.0 Å². The first-order valence-corrected chi connectivity index (χ1v) is 7.13. The Morgan fingerprint density at radius 2 is 2.10 bits per heavy atom. The lowest BCUT2D eigenvalue weighted by Gasteiger charge is -2.19. The number of anilines is 1. The predicted octanol–water partition coefficient (Wildman–Crippen LogP) is 1.35. The summed E-state index contributed by atoms with van der Waals surface area (Å²) < 4.78 is 14.2. The zero-order valence-corrected chi connectivity index (χ0v) is 12.4. The number of benzene rings is 1. The molecule has 1 aromatic rings. The third-order valence-corrected chi connectivity index (χ3v) is 3.49. The maximum absolute atomic E-state index is 13.6. The maximum Gasteiger partial charge on any atom is 0.313 e. The average molecular weight is 344 g/mol. The highest BCUT2D eigenvalue weighted by atomic mass is 79.9. The third-order valence-electron chi connectivity index (χ3n) is 3.00. The molecule has 2 amide bonds. The lowest BCUT2D eigenvalue weighted by atomic mass is 10.3. The van der Waals surface area contributed by atoms with E-state index in [2.05, 4.69) is 26.6 Å². The largest absolute Gasteiger partial charge is 0.333 e. The van der Waals surface area contributed by atoms with E-state index >= 15 is 0 Å². The molecule has 2 N–H and O–H groups in total. The molecule has 1 heterocycles. The molecular weight excluding hydrogens is 329 g/mol. The number of carbonyl (C=O) groups excluding carboxylic acids is 2. The van der Waals surface area contributed by atoms with Gasteiger partial charge in [0, 0.05) is 24.1 Å². The van der Waals surface area contributed by atoms with Gasteiger partial charge in [0.15, 0.2) is 0 Å². The molecule has 7 heteroatoms. The zero-order chi connectivity index (χ0) is 14.5. The van der Waals surface area contributed by atoms with Crippen LogP contribution in [0.1, 0.15) is 6.42 Å². The lowest BCUT2D eigenvalue weighted by molar-refractivity contribution is -0.143. The van der Waals surface area contributed by atoms with Crippen LogP contribution in [0, 0.1) is 5.82 Å². The molecule has 0 spiro atoms. The molecule has 5 nitrogen and oxygen atoms in total. The van der Waals surface area contributed by atoms with Crippen molar-refractivity contribution in [3.05, 3.63) is 28.5 Å². The minimum atomic E-state index is -0.812. The van der Waals surface area contributed by atoms with Crippen LogP contribution < -0.4 is 10.6 Å². The van der Waals surface area contributed by atoms with Crippen LogP contribution in [0.4, 0.5) is 10.1 Å². The molecule has 20 heavy (non-hydrogen) atoms. The Balaban J connectivity index is 2.01. The van der Waals surface area contributed by atoms with E-state index in [-0.39, 0.29) is 5.69 Å². The summed E-state index contributed by atoms with van der Waals surface area (Å²) in [5.74, 6) is -2.03. The second-order valence-corrected chi connectivity index (χ2v) is 5.39. The van der Waals surface area contributed by atoms with Gasteiger partial charge in [-0.25, -0.2) is 4.39 Å². The summed E-state index contributed by atoms with van der Waals surface area (Å²) in [4.78, 5) is 25.3. The van der Waals surface area contributed by atoms with Gasteiger partial charge in [-0.05, 0) is 31.2 Å². The van der Waals surface area contributed by atoms with Gasteiger partial charge < -0.3 is 15.5 Å². The Hall–Kier alpha value is -1.47. The van der Waals surface area contributed by atoms with Gasteiger partial charge in [-0.15, -0.1) is 0 Å². The number of hydrogen-bond acceptors (Lipinski definition) is 3. The number of nitrogens with one attached hydrogen (secondary N) is 2. The first-order valence-electron chi connectivity index (χ1n) is 6.34. The summed E-state index contributed by atoms with van der Waals surface area (Å²) in [6, 6.07) is 4.24. The van der Waals surface area contributed by atoms with Crippen LogP contribution in [0.2, 0.25) is 0 Å². The van der Waals surface area contributed by atoms with E-state index in [4.69, 9.17) is 0 Å². The van der Waals surface area contributed by atoms with Gasteiger partial charge in [-0.2, -0.15) is 0 Å². The first-order chi connectivity index (χ1) is 9.58. The summed E-state index contributed by atoms with van der Waals surface area (Å²) in [7, 11) is 0. The highest BCUT2D eigenvalue weighted by Crippen LogP contribution is 2.19. The number of halogens is 2. The van der Waals surface area contributed by atoms with E-state index in [1.165, 1.54) is 17.0 Å². The second-order valence-electron chi connectivity index (χ2n) is 4.47. The second kappa shape index (κ2) is 6.81. The summed E-state index contributed by atoms with van der Waals surface area (Å²) in [5, 5.41) is 5.45. The number of amides is 2. The van der Waals surface area contributed by atoms with Crippen LogP contribution in [-0.2, 0) is 9.59 Å². The Labute approximate surface area is 124 Å². The highest BCUT2D eigenvalue weighted by molar-refractivity contribution is 9.10. The van der Waals surface area contributed by atoms with E-state index in [1.807, 2.05) is 0 Å². The van der Waals surface area contributed by atoms with Crippen molar-refractivity contribution in [1.82, 2.24) is 10.2 Å². The van der Waals surface area contributed by atoms with Gasteiger partial charge in [0.2, 0.25) is 0 Å². The molecule has 0 bridgehead atoms. The summed E-state index contributed by atoms with van der Waals surface area (Å²) in [5.41, 5.74) is -0.000466. The van der Waals surface area contributed by atoms with Crippen LogP contribution >= 0.6 is 15.9 Å². The molecule has 108 valence electrons. The quantitative estimate of drug-likeness (QED) is 0.756. The van der Waals surface area contributed by atoms with Crippen LogP contribution in [0.25, 0.3) is 0 Å². The van der Waals surface area contributed by atoms with E-state index in [1.54, 1.807) is 6.07 Å². The van der Waals surface area contributed by atoms with E-state index in [0.29, 0.717) is 24.1 Å². The average Bonchev–Trinajstić information content (AvgIpc) is 2.70. The van der Waals surface area contributed by atoms with Gasteiger partial charge in [0.1, 0.15) is 5.82 Å². The number of hydrogen-bond donors (Lipinski definition) is 2. The fraction of sp³-hybridized carbons (Fsp3) is 0.385. The maximum atomic E-state index is 13.6. The number of carbonyl (C=O) groups is 2. The zero-order valence-electron chi connectivity index (χ0n) is 10.8. The monoisotopic (exact) mass is 343 g/mol. The lowest BCUT2D eigenvalue weighted by Crippen LogP contribution is -2.41. The van der Waals surface area contributed by atoms with Crippen molar-refractivity contribution in [2.24, 2.45) is 0 Å². The molecule has 0 radical (unpaired) electrons. The first kappa shape index (κ1) is 14.9. The Morgan fingerprint density at radius 1 is 1.30 bits per heavy atom. The number of nitrogens with zero attached hydrogens (tertiary/aromatic N) is 1. The fourth-order valence-corrected chi connectivity index (χ4v) is 2.29. The summed E-state index contributed by atoms with van der Waals surface area (Å²) in [6.45, 7) is 2.50.